The largest absolute Gasteiger partial charge is 0.460 e. The summed E-state index contributed by atoms with van der Waals surface area (Å²) in [6, 6.07) is 0. The Kier molecular flexibility index (Phi) is 6.19. The van der Waals surface area contributed by atoms with Gasteiger partial charge in [-0.1, -0.05) is 6.42 Å². The lowest BCUT2D eigenvalue weighted by molar-refractivity contribution is -0.396. The molecule has 1 aromatic rings. The number of hydrogen-bond donors (Lipinski definition) is 2. The minimum Gasteiger partial charge on any atom is -0.368 e. The summed E-state index contributed by atoms with van der Waals surface area (Å²) in [5.41, 5.74) is 10.6. The maximum atomic E-state index is 13.3. The molecule has 26 heavy (non-hydrogen) atoms. The summed E-state index contributed by atoms with van der Waals surface area (Å²) in [5, 5.41) is 0. The average molecular weight is 399 g/mol. The standard InChI is InChI=1S/C12H14F9N5/c13-9(14,10(15,16)11(17,18)12(19,20)21)5-3-1-2-4-6-24-7(22)26-8(23)25-6/h1-5H2,(H4,22,23,24,25,26). The molecule has 0 bridgehead atoms. The van der Waals surface area contributed by atoms with Crippen LogP contribution in [0.3, 0.4) is 0 Å². The molecule has 0 saturated heterocycles. The minimum absolute atomic E-state index is 0.0393. The summed E-state index contributed by atoms with van der Waals surface area (Å²) in [4.78, 5) is 10.8. The van der Waals surface area contributed by atoms with Gasteiger partial charge in [-0.3, -0.25) is 0 Å². The number of rotatable bonds is 8. The highest BCUT2D eigenvalue weighted by Gasteiger charge is 2.81. The van der Waals surface area contributed by atoms with Crippen LogP contribution in [0.25, 0.3) is 0 Å². The van der Waals surface area contributed by atoms with Gasteiger partial charge in [-0.25, -0.2) is 0 Å². The fourth-order valence-corrected chi connectivity index (χ4v) is 1.94. The number of halogens is 9. The van der Waals surface area contributed by atoms with Crippen molar-refractivity contribution in [3.8, 4) is 0 Å². The molecule has 0 unspecified atom stereocenters. The Labute approximate surface area is 141 Å². The van der Waals surface area contributed by atoms with Gasteiger partial charge in [0.15, 0.2) is 0 Å². The third-order valence-corrected chi connectivity index (χ3v) is 3.32. The number of unbranched alkanes of at least 4 members (excludes halogenated alkanes) is 2. The van der Waals surface area contributed by atoms with Crippen LogP contribution in [0.15, 0.2) is 0 Å². The zero-order chi connectivity index (χ0) is 20.4. The number of hydrogen-bond acceptors (Lipinski definition) is 5. The number of aryl methyl sites for hydroxylation is 1. The van der Waals surface area contributed by atoms with Crippen molar-refractivity contribution < 1.29 is 39.5 Å². The molecule has 1 heterocycles. The molecule has 14 heteroatoms. The third-order valence-electron chi connectivity index (χ3n) is 3.32. The van der Waals surface area contributed by atoms with Gasteiger partial charge in [0.1, 0.15) is 5.82 Å². The number of aromatic nitrogens is 3. The van der Waals surface area contributed by atoms with E-state index in [1.165, 1.54) is 0 Å². The van der Waals surface area contributed by atoms with Crippen LogP contribution in [-0.2, 0) is 6.42 Å². The summed E-state index contributed by atoms with van der Waals surface area (Å²) >= 11 is 0. The molecular formula is C12H14F9N5. The molecule has 0 amide bonds. The van der Waals surface area contributed by atoms with Gasteiger partial charge in [0.2, 0.25) is 11.9 Å². The lowest BCUT2D eigenvalue weighted by atomic mass is 9.98. The Morgan fingerprint density at radius 2 is 1.15 bits per heavy atom. The Morgan fingerprint density at radius 1 is 0.654 bits per heavy atom. The molecule has 0 radical (unpaired) electrons. The fraction of sp³-hybridized carbons (Fsp3) is 0.750. The Hall–Kier alpha value is -2.02. The van der Waals surface area contributed by atoms with Gasteiger partial charge in [-0.2, -0.15) is 54.5 Å². The van der Waals surface area contributed by atoms with Crippen LogP contribution >= 0.6 is 0 Å². The van der Waals surface area contributed by atoms with E-state index < -0.39 is 36.8 Å². The quantitative estimate of drug-likeness (QED) is 0.515. The van der Waals surface area contributed by atoms with E-state index in [4.69, 9.17) is 11.5 Å². The molecule has 1 rings (SSSR count). The van der Waals surface area contributed by atoms with E-state index in [0.29, 0.717) is 0 Å². The molecule has 0 aliphatic carbocycles. The topological polar surface area (TPSA) is 90.7 Å². The smallest absolute Gasteiger partial charge is 0.368 e. The van der Waals surface area contributed by atoms with Crippen LogP contribution in [0.1, 0.15) is 31.5 Å². The highest BCUT2D eigenvalue weighted by molar-refractivity contribution is 5.25. The normalized spacial score (nSPS) is 13.9. The summed E-state index contributed by atoms with van der Waals surface area (Å²) < 4.78 is 114. The number of nitrogens with two attached hydrogens (primary N) is 2. The molecule has 4 N–H and O–H groups in total. The predicted molar refractivity (Wildman–Crippen MR) is 71.7 cm³/mol. The van der Waals surface area contributed by atoms with E-state index in [0.717, 1.165) is 0 Å². The average Bonchev–Trinajstić information content (AvgIpc) is 2.44. The molecule has 0 aliphatic heterocycles. The van der Waals surface area contributed by atoms with Crippen molar-refractivity contribution >= 4 is 11.9 Å². The van der Waals surface area contributed by atoms with Crippen molar-refractivity contribution in [1.82, 2.24) is 15.0 Å². The molecule has 0 atom stereocenters. The van der Waals surface area contributed by atoms with Crippen LogP contribution < -0.4 is 11.5 Å². The first-order valence-electron chi connectivity index (χ1n) is 7.08. The van der Waals surface area contributed by atoms with E-state index in [2.05, 4.69) is 15.0 Å². The van der Waals surface area contributed by atoms with E-state index in [9.17, 15) is 39.5 Å². The van der Waals surface area contributed by atoms with Crippen LogP contribution in [0.4, 0.5) is 51.4 Å². The van der Waals surface area contributed by atoms with Crippen molar-refractivity contribution in [2.24, 2.45) is 0 Å². The Morgan fingerprint density at radius 3 is 1.62 bits per heavy atom. The first-order valence-corrected chi connectivity index (χ1v) is 7.08. The summed E-state index contributed by atoms with van der Waals surface area (Å²) in [5.74, 6) is -19.3. The zero-order valence-corrected chi connectivity index (χ0v) is 12.9. The Bertz CT molecular complexity index is 597. The van der Waals surface area contributed by atoms with E-state index in [1.807, 2.05) is 0 Å². The molecule has 1 aromatic heterocycles. The van der Waals surface area contributed by atoms with E-state index >= 15 is 0 Å². The third kappa shape index (κ3) is 4.58. The van der Waals surface area contributed by atoms with Crippen LogP contribution in [-0.4, -0.2) is 38.9 Å². The molecule has 0 aliphatic rings. The Balaban J connectivity index is 2.60. The highest BCUT2D eigenvalue weighted by Crippen LogP contribution is 2.54. The van der Waals surface area contributed by atoms with Crippen molar-refractivity contribution in [2.75, 3.05) is 11.5 Å². The second kappa shape index (κ2) is 7.31. The molecule has 150 valence electrons. The van der Waals surface area contributed by atoms with Gasteiger partial charge < -0.3 is 11.5 Å². The zero-order valence-electron chi connectivity index (χ0n) is 12.9. The van der Waals surface area contributed by atoms with Crippen LogP contribution in [0.2, 0.25) is 0 Å². The maximum absolute atomic E-state index is 13.3. The minimum atomic E-state index is -6.86. The molecule has 0 spiro atoms. The van der Waals surface area contributed by atoms with Gasteiger partial charge in [0.25, 0.3) is 0 Å². The SMILES string of the molecule is Nc1nc(N)nc(CCCCCC(F)(F)C(F)(F)C(F)(F)C(F)(F)F)n1. The highest BCUT2D eigenvalue weighted by atomic mass is 19.4. The second-order valence-electron chi connectivity index (χ2n) is 5.38. The van der Waals surface area contributed by atoms with Crippen molar-refractivity contribution in [2.45, 2.75) is 56.0 Å². The maximum Gasteiger partial charge on any atom is 0.460 e. The van der Waals surface area contributed by atoms with Gasteiger partial charge in [-0.15, -0.1) is 0 Å². The second-order valence-corrected chi connectivity index (χ2v) is 5.38. The van der Waals surface area contributed by atoms with E-state index in [-0.39, 0.29) is 37.0 Å². The first-order chi connectivity index (χ1) is 11.6. The van der Waals surface area contributed by atoms with Gasteiger partial charge in [0.05, 0.1) is 0 Å². The lowest BCUT2D eigenvalue weighted by Crippen LogP contribution is -2.60. The summed E-state index contributed by atoms with van der Waals surface area (Å²) in [6.45, 7) is 0. The predicted octanol–water partition coefficient (Wildman–Crippen LogP) is 3.61. The van der Waals surface area contributed by atoms with Crippen LogP contribution in [0, 0.1) is 0 Å². The monoisotopic (exact) mass is 399 g/mol. The van der Waals surface area contributed by atoms with Gasteiger partial charge in [0, 0.05) is 12.8 Å². The van der Waals surface area contributed by atoms with Gasteiger partial charge in [-0.05, 0) is 12.8 Å². The molecule has 0 aromatic carbocycles. The van der Waals surface area contributed by atoms with Crippen molar-refractivity contribution in [3.05, 3.63) is 5.82 Å². The summed E-state index contributed by atoms with van der Waals surface area (Å²) in [6.07, 6.45) is -9.48. The molecule has 5 nitrogen and oxygen atoms in total. The van der Waals surface area contributed by atoms with Crippen molar-refractivity contribution in [3.63, 3.8) is 0 Å². The van der Waals surface area contributed by atoms with E-state index in [1.54, 1.807) is 0 Å². The number of alkyl halides is 9. The first kappa shape index (κ1) is 22.0. The molecule has 0 saturated carbocycles. The fourth-order valence-electron chi connectivity index (χ4n) is 1.94. The van der Waals surface area contributed by atoms with Crippen molar-refractivity contribution in [1.29, 1.82) is 0 Å². The number of nitrogens with zero attached hydrogens (tertiary/aromatic N) is 3. The number of anilines is 2. The molecular weight excluding hydrogens is 385 g/mol. The summed E-state index contributed by atoms with van der Waals surface area (Å²) in [7, 11) is 0. The molecule has 0 fully saturated rings. The van der Waals surface area contributed by atoms with Gasteiger partial charge >= 0.3 is 23.9 Å². The van der Waals surface area contributed by atoms with Crippen LogP contribution in [0.5, 0.6) is 0 Å². The number of nitrogen functional groups attached to an aromatic ring is 2. The lowest BCUT2D eigenvalue weighted by Gasteiger charge is -2.33.